The molecule has 0 aromatic carbocycles. The number of H-pyrrole nitrogens is 1. The van der Waals surface area contributed by atoms with Crippen molar-refractivity contribution in [1.29, 1.82) is 0 Å². The van der Waals surface area contributed by atoms with Gasteiger partial charge in [0.25, 0.3) is 0 Å². The van der Waals surface area contributed by atoms with Crippen LogP contribution in [0.1, 0.15) is 73.1 Å². The molecule has 0 spiro atoms. The van der Waals surface area contributed by atoms with Crippen molar-refractivity contribution in [3.8, 4) is 0 Å². The Bertz CT molecular complexity index is 345. The molecule has 1 aromatic heterocycles. The summed E-state index contributed by atoms with van der Waals surface area (Å²) in [6, 6.07) is 2.20. The van der Waals surface area contributed by atoms with Crippen LogP contribution in [0.2, 0.25) is 0 Å². The van der Waals surface area contributed by atoms with E-state index in [1.165, 1.54) is 36.9 Å². The van der Waals surface area contributed by atoms with Crippen LogP contribution >= 0.6 is 0 Å². The average molecular weight is 205 g/mol. The lowest BCUT2D eigenvalue weighted by atomic mass is 9.97. The summed E-state index contributed by atoms with van der Waals surface area (Å²) in [4.78, 5) is 14.2. The van der Waals surface area contributed by atoms with Crippen molar-refractivity contribution in [2.45, 2.75) is 51.4 Å². The van der Waals surface area contributed by atoms with E-state index in [0.29, 0.717) is 11.8 Å². The first kappa shape index (κ1) is 10.5. The summed E-state index contributed by atoms with van der Waals surface area (Å²) < 4.78 is 0. The number of hydrogen-bond donors (Lipinski definition) is 1. The van der Waals surface area contributed by atoms with Gasteiger partial charge in [0.2, 0.25) is 0 Å². The van der Waals surface area contributed by atoms with Gasteiger partial charge in [-0.05, 0) is 36.3 Å². The maximum Gasteiger partial charge on any atom is 0.166 e. The third-order valence-electron chi connectivity index (χ3n) is 3.44. The van der Waals surface area contributed by atoms with Gasteiger partial charge in [0.1, 0.15) is 0 Å². The predicted octanol–water partition coefficient (Wildman–Crippen LogP) is 3.61. The lowest BCUT2D eigenvalue weighted by Gasteiger charge is -2.06. The molecule has 82 valence electrons. The first-order valence-corrected chi connectivity index (χ1v) is 5.90. The number of aromatic amines is 1. The highest BCUT2D eigenvalue weighted by molar-refractivity contribution is 5.75. The fourth-order valence-electron chi connectivity index (χ4n) is 2.49. The van der Waals surface area contributed by atoms with E-state index in [9.17, 15) is 4.79 Å². The standard InChI is InChI=1S/C13H19NO/c1-9(2)12-7-11(13(8-15)14-12)10-5-3-4-6-10/h7-10,14H,3-6H2,1-2H3. The van der Waals surface area contributed by atoms with Crippen molar-refractivity contribution in [3.05, 3.63) is 23.0 Å². The Kier molecular flexibility index (Phi) is 2.94. The molecule has 1 fully saturated rings. The summed E-state index contributed by atoms with van der Waals surface area (Å²) in [5.74, 6) is 1.09. The van der Waals surface area contributed by atoms with Gasteiger partial charge in [-0.3, -0.25) is 4.79 Å². The third-order valence-corrected chi connectivity index (χ3v) is 3.44. The summed E-state index contributed by atoms with van der Waals surface area (Å²) >= 11 is 0. The van der Waals surface area contributed by atoms with Crippen LogP contribution in [0.3, 0.4) is 0 Å². The van der Waals surface area contributed by atoms with Crippen LogP contribution in [0.15, 0.2) is 6.07 Å². The highest BCUT2D eigenvalue weighted by atomic mass is 16.1. The van der Waals surface area contributed by atoms with E-state index in [4.69, 9.17) is 0 Å². The number of carbonyl (C=O) groups is 1. The second kappa shape index (κ2) is 4.21. The molecule has 1 aliphatic carbocycles. The molecule has 0 unspecified atom stereocenters. The maximum absolute atomic E-state index is 11.0. The molecule has 0 amide bonds. The number of nitrogens with one attached hydrogen (secondary N) is 1. The minimum Gasteiger partial charge on any atom is -0.356 e. The molecule has 0 saturated heterocycles. The van der Waals surface area contributed by atoms with Crippen molar-refractivity contribution in [3.63, 3.8) is 0 Å². The molecule has 2 heteroatoms. The molecule has 0 radical (unpaired) electrons. The van der Waals surface area contributed by atoms with Gasteiger partial charge in [0, 0.05) is 5.69 Å². The third kappa shape index (κ3) is 1.99. The largest absolute Gasteiger partial charge is 0.356 e. The van der Waals surface area contributed by atoms with Gasteiger partial charge >= 0.3 is 0 Å². The van der Waals surface area contributed by atoms with Crippen LogP contribution in [-0.2, 0) is 0 Å². The predicted molar refractivity (Wildman–Crippen MR) is 61.5 cm³/mol. The summed E-state index contributed by atoms with van der Waals surface area (Å²) in [6.45, 7) is 4.30. The van der Waals surface area contributed by atoms with Crippen LogP contribution in [0.4, 0.5) is 0 Å². The molecule has 0 aliphatic heterocycles. The molecule has 1 N–H and O–H groups in total. The zero-order valence-corrected chi connectivity index (χ0v) is 9.55. The highest BCUT2D eigenvalue weighted by Crippen LogP contribution is 2.36. The zero-order chi connectivity index (χ0) is 10.8. The molecule has 2 nitrogen and oxygen atoms in total. The molecular weight excluding hydrogens is 186 g/mol. The monoisotopic (exact) mass is 205 g/mol. The lowest BCUT2D eigenvalue weighted by molar-refractivity contribution is 0.111. The van der Waals surface area contributed by atoms with Crippen LogP contribution in [0.25, 0.3) is 0 Å². The summed E-state index contributed by atoms with van der Waals surface area (Å²) in [7, 11) is 0. The van der Waals surface area contributed by atoms with Gasteiger partial charge in [0.05, 0.1) is 5.69 Å². The van der Waals surface area contributed by atoms with Gasteiger partial charge < -0.3 is 4.98 Å². The van der Waals surface area contributed by atoms with Gasteiger partial charge in [0.15, 0.2) is 6.29 Å². The lowest BCUT2D eigenvalue weighted by Crippen LogP contribution is -1.94. The summed E-state index contributed by atoms with van der Waals surface area (Å²) in [5, 5.41) is 0. The van der Waals surface area contributed by atoms with Crippen molar-refractivity contribution in [1.82, 2.24) is 4.98 Å². The quantitative estimate of drug-likeness (QED) is 0.751. The van der Waals surface area contributed by atoms with Gasteiger partial charge in [-0.15, -0.1) is 0 Å². The molecule has 1 aromatic rings. The van der Waals surface area contributed by atoms with E-state index in [1.807, 2.05) is 0 Å². The fourth-order valence-corrected chi connectivity index (χ4v) is 2.49. The molecule has 15 heavy (non-hydrogen) atoms. The van der Waals surface area contributed by atoms with E-state index in [2.05, 4.69) is 24.9 Å². The van der Waals surface area contributed by atoms with Crippen LogP contribution in [0, 0.1) is 0 Å². The Morgan fingerprint density at radius 2 is 2.07 bits per heavy atom. The Hall–Kier alpha value is -1.05. The number of aldehydes is 1. The van der Waals surface area contributed by atoms with E-state index in [1.54, 1.807) is 0 Å². The minimum atomic E-state index is 0.471. The second-order valence-corrected chi connectivity index (χ2v) is 4.85. The second-order valence-electron chi connectivity index (χ2n) is 4.85. The van der Waals surface area contributed by atoms with Crippen molar-refractivity contribution in [2.75, 3.05) is 0 Å². The number of aromatic nitrogens is 1. The van der Waals surface area contributed by atoms with Gasteiger partial charge in [-0.25, -0.2) is 0 Å². The molecule has 1 aliphatic rings. The molecule has 0 bridgehead atoms. The SMILES string of the molecule is CC(C)c1cc(C2CCCC2)c(C=O)[nH]1. The number of rotatable bonds is 3. The van der Waals surface area contributed by atoms with Crippen LogP contribution in [-0.4, -0.2) is 11.3 Å². The Morgan fingerprint density at radius 1 is 1.40 bits per heavy atom. The first-order chi connectivity index (χ1) is 7.22. The normalized spacial score (nSPS) is 17.5. The molecule has 1 saturated carbocycles. The minimum absolute atomic E-state index is 0.471. The van der Waals surface area contributed by atoms with Crippen molar-refractivity contribution < 1.29 is 4.79 Å². The Morgan fingerprint density at radius 3 is 2.60 bits per heavy atom. The molecule has 0 atom stereocenters. The summed E-state index contributed by atoms with van der Waals surface area (Å²) in [6.07, 6.45) is 6.09. The molecule has 2 rings (SSSR count). The van der Waals surface area contributed by atoms with E-state index in [-0.39, 0.29) is 0 Å². The fraction of sp³-hybridized carbons (Fsp3) is 0.615. The summed E-state index contributed by atoms with van der Waals surface area (Å²) in [5.41, 5.74) is 3.26. The smallest absolute Gasteiger partial charge is 0.166 e. The number of hydrogen-bond acceptors (Lipinski definition) is 1. The van der Waals surface area contributed by atoms with Crippen LogP contribution < -0.4 is 0 Å². The Labute approximate surface area is 91.1 Å². The van der Waals surface area contributed by atoms with Gasteiger partial charge in [-0.1, -0.05) is 26.7 Å². The van der Waals surface area contributed by atoms with E-state index in [0.717, 1.165) is 12.0 Å². The molecule has 1 heterocycles. The molecular formula is C13H19NO. The van der Waals surface area contributed by atoms with Crippen molar-refractivity contribution >= 4 is 6.29 Å². The topological polar surface area (TPSA) is 32.9 Å². The average Bonchev–Trinajstić information content (AvgIpc) is 2.86. The van der Waals surface area contributed by atoms with Gasteiger partial charge in [-0.2, -0.15) is 0 Å². The van der Waals surface area contributed by atoms with Crippen molar-refractivity contribution in [2.24, 2.45) is 0 Å². The number of carbonyl (C=O) groups excluding carboxylic acids is 1. The van der Waals surface area contributed by atoms with Crippen LogP contribution in [0.5, 0.6) is 0 Å². The Balaban J connectivity index is 2.31. The van der Waals surface area contributed by atoms with E-state index < -0.39 is 0 Å². The highest BCUT2D eigenvalue weighted by Gasteiger charge is 2.22. The van der Waals surface area contributed by atoms with E-state index >= 15 is 0 Å². The zero-order valence-electron chi connectivity index (χ0n) is 9.55. The maximum atomic E-state index is 11.0. The first-order valence-electron chi connectivity index (χ1n) is 5.90.